The summed E-state index contributed by atoms with van der Waals surface area (Å²) in [5.74, 6) is 1.50. The first kappa shape index (κ1) is 8.85. The molecule has 1 aromatic rings. The predicted molar refractivity (Wildman–Crippen MR) is 53.6 cm³/mol. The van der Waals surface area contributed by atoms with E-state index in [4.69, 9.17) is 16.3 Å². The first-order chi connectivity index (χ1) is 6.31. The summed E-state index contributed by atoms with van der Waals surface area (Å²) in [7, 11) is 1.69. The van der Waals surface area contributed by atoms with Gasteiger partial charge in [0, 0.05) is 29.6 Å². The van der Waals surface area contributed by atoms with E-state index in [1.807, 2.05) is 18.2 Å². The van der Waals surface area contributed by atoms with Crippen LogP contribution in [0.1, 0.15) is 11.5 Å². The van der Waals surface area contributed by atoms with Gasteiger partial charge in [0.1, 0.15) is 5.75 Å². The van der Waals surface area contributed by atoms with E-state index < -0.39 is 0 Å². The third kappa shape index (κ3) is 1.64. The van der Waals surface area contributed by atoms with E-state index in [0.29, 0.717) is 5.92 Å². The van der Waals surface area contributed by atoms with Gasteiger partial charge in [-0.1, -0.05) is 11.6 Å². The second-order valence-electron chi connectivity index (χ2n) is 3.24. The van der Waals surface area contributed by atoms with Crippen LogP contribution in [0.4, 0.5) is 0 Å². The second-order valence-corrected chi connectivity index (χ2v) is 3.68. The van der Waals surface area contributed by atoms with Crippen molar-refractivity contribution in [3.63, 3.8) is 0 Å². The number of hydrogen-bond donors (Lipinski definition) is 1. The molecule has 1 aromatic carbocycles. The van der Waals surface area contributed by atoms with Gasteiger partial charge in [0.25, 0.3) is 0 Å². The quantitative estimate of drug-likeness (QED) is 0.784. The summed E-state index contributed by atoms with van der Waals surface area (Å²) in [4.78, 5) is 0. The van der Waals surface area contributed by atoms with Crippen LogP contribution in [0.3, 0.4) is 0 Å². The largest absolute Gasteiger partial charge is 0.496 e. The van der Waals surface area contributed by atoms with Crippen molar-refractivity contribution < 1.29 is 4.74 Å². The molecule has 0 saturated carbocycles. The summed E-state index contributed by atoms with van der Waals surface area (Å²) in [6.45, 7) is 2.05. The van der Waals surface area contributed by atoms with Gasteiger partial charge in [0.15, 0.2) is 0 Å². The number of benzene rings is 1. The van der Waals surface area contributed by atoms with Gasteiger partial charge < -0.3 is 10.1 Å². The van der Waals surface area contributed by atoms with Crippen molar-refractivity contribution in [2.24, 2.45) is 0 Å². The molecule has 0 bridgehead atoms. The Balaban J connectivity index is 2.33. The van der Waals surface area contributed by atoms with Crippen molar-refractivity contribution in [3.05, 3.63) is 28.8 Å². The summed E-state index contributed by atoms with van der Waals surface area (Å²) in [6.07, 6.45) is 0. The fraction of sp³-hybridized carbons (Fsp3) is 0.400. The normalized spacial score (nSPS) is 16.8. The third-order valence-corrected chi connectivity index (χ3v) is 2.65. The molecule has 0 aliphatic carbocycles. The maximum atomic E-state index is 5.92. The van der Waals surface area contributed by atoms with Gasteiger partial charge in [0.05, 0.1) is 7.11 Å². The van der Waals surface area contributed by atoms with Gasteiger partial charge in [-0.05, 0) is 18.2 Å². The van der Waals surface area contributed by atoms with E-state index in [-0.39, 0.29) is 0 Å². The van der Waals surface area contributed by atoms with E-state index >= 15 is 0 Å². The minimum absolute atomic E-state index is 0.564. The Morgan fingerprint density at radius 2 is 2.23 bits per heavy atom. The average Bonchev–Trinajstić information content (AvgIpc) is 2.02. The molecule has 2 rings (SSSR count). The fourth-order valence-electron chi connectivity index (χ4n) is 1.53. The number of nitrogens with one attached hydrogen (secondary N) is 1. The fourth-order valence-corrected chi connectivity index (χ4v) is 1.71. The highest BCUT2D eigenvalue weighted by atomic mass is 35.5. The molecular formula is C10H12ClNO. The summed E-state index contributed by atoms with van der Waals surface area (Å²) in [5.41, 5.74) is 1.22. The van der Waals surface area contributed by atoms with Gasteiger partial charge in [-0.25, -0.2) is 0 Å². The third-order valence-electron chi connectivity index (χ3n) is 2.41. The van der Waals surface area contributed by atoms with Crippen LogP contribution >= 0.6 is 11.6 Å². The molecule has 1 aliphatic heterocycles. The van der Waals surface area contributed by atoms with Crippen molar-refractivity contribution in [2.75, 3.05) is 20.2 Å². The van der Waals surface area contributed by atoms with Crippen LogP contribution < -0.4 is 10.1 Å². The maximum absolute atomic E-state index is 5.92. The monoisotopic (exact) mass is 197 g/mol. The number of halogens is 1. The summed E-state index contributed by atoms with van der Waals surface area (Å²) in [6, 6.07) is 5.78. The molecule has 2 nitrogen and oxygen atoms in total. The molecule has 1 N–H and O–H groups in total. The van der Waals surface area contributed by atoms with Gasteiger partial charge in [-0.3, -0.25) is 0 Å². The average molecular weight is 198 g/mol. The first-order valence-electron chi connectivity index (χ1n) is 4.35. The lowest BCUT2D eigenvalue weighted by molar-refractivity contribution is 0.385. The summed E-state index contributed by atoms with van der Waals surface area (Å²) < 4.78 is 5.27. The van der Waals surface area contributed by atoms with Crippen LogP contribution in [0.25, 0.3) is 0 Å². The predicted octanol–water partition coefficient (Wildman–Crippen LogP) is 2.04. The molecule has 0 aromatic heterocycles. The first-order valence-corrected chi connectivity index (χ1v) is 4.73. The lowest BCUT2D eigenvalue weighted by Gasteiger charge is -2.28. The van der Waals surface area contributed by atoms with Gasteiger partial charge in [-0.15, -0.1) is 0 Å². The minimum Gasteiger partial charge on any atom is -0.496 e. The Morgan fingerprint density at radius 1 is 1.46 bits per heavy atom. The molecule has 1 fully saturated rings. The molecule has 13 heavy (non-hydrogen) atoms. The van der Waals surface area contributed by atoms with E-state index in [1.54, 1.807) is 7.11 Å². The van der Waals surface area contributed by atoms with E-state index in [1.165, 1.54) is 5.56 Å². The molecule has 1 saturated heterocycles. The van der Waals surface area contributed by atoms with Crippen molar-refractivity contribution in [1.82, 2.24) is 5.32 Å². The molecule has 1 aliphatic rings. The molecule has 70 valence electrons. The Kier molecular flexibility index (Phi) is 2.42. The van der Waals surface area contributed by atoms with Crippen molar-refractivity contribution in [1.29, 1.82) is 0 Å². The van der Waals surface area contributed by atoms with E-state index in [2.05, 4.69) is 5.32 Å². The lowest BCUT2D eigenvalue weighted by atomic mass is 9.93. The van der Waals surface area contributed by atoms with Crippen molar-refractivity contribution >= 4 is 11.6 Å². The Hall–Kier alpha value is -0.730. The Bertz CT molecular complexity index is 310. The van der Waals surface area contributed by atoms with E-state index in [9.17, 15) is 0 Å². The molecule has 3 heteroatoms. The highest BCUT2D eigenvalue weighted by Gasteiger charge is 2.22. The molecule has 1 heterocycles. The summed E-state index contributed by atoms with van der Waals surface area (Å²) in [5, 5.41) is 4.01. The molecule has 0 radical (unpaired) electrons. The van der Waals surface area contributed by atoms with Crippen LogP contribution in [-0.4, -0.2) is 20.2 Å². The van der Waals surface area contributed by atoms with E-state index in [0.717, 1.165) is 23.9 Å². The van der Waals surface area contributed by atoms with Crippen LogP contribution in [0, 0.1) is 0 Å². The highest BCUT2D eigenvalue weighted by Crippen LogP contribution is 2.31. The van der Waals surface area contributed by atoms with Crippen molar-refractivity contribution in [2.45, 2.75) is 5.92 Å². The molecule has 0 unspecified atom stereocenters. The Morgan fingerprint density at radius 3 is 2.77 bits per heavy atom. The zero-order valence-corrected chi connectivity index (χ0v) is 8.27. The van der Waals surface area contributed by atoms with Crippen molar-refractivity contribution in [3.8, 4) is 5.75 Å². The zero-order chi connectivity index (χ0) is 9.26. The topological polar surface area (TPSA) is 21.3 Å². The van der Waals surface area contributed by atoms with Gasteiger partial charge in [0.2, 0.25) is 0 Å². The standard InChI is InChI=1S/C10H12ClNO/c1-13-10-3-2-8(11)4-9(10)7-5-12-6-7/h2-4,7,12H,5-6H2,1H3. The molecular weight excluding hydrogens is 186 g/mol. The molecule has 0 atom stereocenters. The number of methoxy groups -OCH3 is 1. The molecule has 0 amide bonds. The summed E-state index contributed by atoms with van der Waals surface area (Å²) >= 11 is 5.92. The minimum atomic E-state index is 0.564. The SMILES string of the molecule is COc1ccc(Cl)cc1C1CNC1. The maximum Gasteiger partial charge on any atom is 0.122 e. The number of hydrogen-bond acceptors (Lipinski definition) is 2. The van der Waals surface area contributed by atoms with Crippen LogP contribution in [-0.2, 0) is 0 Å². The number of rotatable bonds is 2. The highest BCUT2D eigenvalue weighted by molar-refractivity contribution is 6.30. The number of ether oxygens (including phenoxy) is 1. The lowest BCUT2D eigenvalue weighted by Crippen LogP contribution is -2.40. The van der Waals surface area contributed by atoms with Crippen LogP contribution in [0.2, 0.25) is 5.02 Å². The second kappa shape index (κ2) is 3.56. The zero-order valence-electron chi connectivity index (χ0n) is 7.51. The van der Waals surface area contributed by atoms with Crippen LogP contribution in [0.5, 0.6) is 5.75 Å². The molecule has 0 spiro atoms. The van der Waals surface area contributed by atoms with Gasteiger partial charge in [-0.2, -0.15) is 0 Å². The smallest absolute Gasteiger partial charge is 0.122 e. The Labute approximate surface area is 82.9 Å². The van der Waals surface area contributed by atoms with Gasteiger partial charge >= 0.3 is 0 Å². The van der Waals surface area contributed by atoms with Crippen LogP contribution in [0.15, 0.2) is 18.2 Å².